The fourth-order valence-electron chi connectivity index (χ4n) is 5.07. The number of carbonyl (C=O) groups is 2. The molecule has 2 amide bonds. The van der Waals surface area contributed by atoms with E-state index in [2.05, 4.69) is 5.32 Å². The lowest BCUT2D eigenvalue weighted by atomic mass is 9.94. The van der Waals surface area contributed by atoms with Crippen molar-refractivity contribution in [2.24, 2.45) is 0 Å². The number of anilines is 1. The second-order valence-electron chi connectivity index (χ2n) is 9.80. The van der Waals surface area contributed by atoms with Gasteiger partial charge in [0.25, 0.3) is 5.91 Å². The highest BCUT2D eigenvalue weighted by Crippen LogP contribution is 2.33. The summed E-state index contributed by atoms with van der Waals surface area (Å²) in [5.74, 6) is -0.286. The maximum Gasteiger partial charge on any atom is 0.258 e. The first-order chi connectivity index (χ1) is 18.0. The largest absolute Gasteiger partial charge is 0.488 e. The van der Waals surface area contributed by atoms with Gasteiger partial charge in [0, 0.05) is 17.3 Å². The van der Waals surface area contributed by atoms with Crippen molar-refractivity contribution in [3.63, 3.8) is 0 Å². The first kappa shape index (κ1) is 24.8. The Labute approximate surface area is 217 Å². The van der Waals surface area contributed by atoms with Gasteiger partial charge in [0.2, 0.25) is 5.91 Å². The summed E-state index contributed by atoms with van der Waals surface area (Å²) in [5.41, 5.74) is 3.42. The fourth-order valence-corrected chi connectivity index (χ4v) is 5.07. The van der Waals surface area contributed by atoms with Crippen LogP contribution in [0.2, 0.25) is 0 Å². The van der Waals surface area contributed by atoms with E-state index in [1.54, 1.807) is 12.1 Å². The van der Waals surface area contributed by atoms with Crippen molar-refractivity contribution in [2.45, 2.75) is 51.1 Å². The highest BCUT2D eigenvalue weighted by molar-refractivity contribution is 6.12. The Bertz CT molecular complexity index is 1290. The zero-order valence-corrected chi connectivity index (χ0v) is 21.0. The SMILES string of the molecule is Cc1ccc(N(C(=O)C2=Cc3ccccc3OC2)[C@@H](C(=O)NC2CCCCC2)c2ccc(F)cc2)cc1. The van der Waals surface area contributed by atoms with Gasteiger partial charge in [-0.05, 0) is 61.7 Å². The molecule has 5 rings (SSSR count). The normalized spacial score (nSPS) is 16.1. The van der Waals surface area contributed by atoms with Crippen molar-refractivity contribution in [3.8, 4) is 5.75 Å². The molecule has 1 aliphatic carbocycles. The Morgan fingerprint density at radius 3 is 2.38 bits per heavy atom. The average Bonchev–Trinajstić information content (AvgIpc) is 2.93. The van der Waals surface area contributed by atoms with Crippen molar-refractivity contribution >= 4 is 23.6 Å². The van der Waals surface area contributed by atoms with Crippen molar-refractivity contribution in [1.29, 1.82) is 0 Å². The van der Waals surface area contributed by atoms with Crippen LogP contribution >= 0.6 is 0 Å². The van der Waals surface area contributed by atoms with Crippen LogP contribution in [0, 0.1) is 12.7 Å². The van der Waals surface area contributed by atoms with E-state index in [0.717, 1.165) is 43.2 Å². The molecular weight excluding hydrogens is 467 g/mol. The van der Waals surface area contributed by atoms with Gasteiger partial charge in [-0.3, -0.25) is 14.5 Å². The Kier molecular flexibility index (Phi) is 7.35. The van der Waals surface area contributed by atoms with Crippen LogP contribution in [0.1, 0.15) is 54.8 Å². The molecule has 1 atom stereocenters. The van der Waals surface area contributed by atoms with Crippen molar-refractivity contribution in [1.82, 2.24) is 5.32 Å². The quantitative estimate of drug-likeness (QED) is 0.445. The third-order valence-corrected chi connectivity index (χ3v) is 7.08. The van der Waals surface area contributed by atoms with E-state index in [9.17, 15) is 14.0 Å². The predicted octanol–water partition coefficient (Wildman–Crippen LogP) is 6.13. The third-order valence-electron chi connectivity index (χ3n) is 7.08. The minimum absolute atomic E-state index is 0.0586. The average molecular weight is 499 g/mol. The first-order valence-electron chi connectivity index (χ1n) is 12.9. The lowest BCUT2D eigenvalue weighted by Gasteiger charge is -2.34. The molecule has 0 spiro atoms. The zero-order valence-electron chi connectivity index (χ0n) is 21.0. The fraction of sp³-hybridized carbons (Fsp3) is 0.290. The minimum Gasteiger partial charge on any atom is -0.488 e. The number of fused-ring (bicyclic) bond motifs is 1. The van der Waals surface area contributed by atoms with Crippen molar-refractivity contribution in [3.05, 3.63) is 101 Å². The van der Waals surface area contributed by atoms with Gasteiger partial charge in [-0.25, -0.2) is 4.39 Å². The molecule has 3 aromatic carbocycles. The number of nitrogens with one attached hydrogen (secondary N) is 1. The van der Waals surface area contributed by atoms with E-state index in [-0.39, 0.29) is 24.5 Å². The Morgan fingerprint density at radius 2 is 1.65 bits per heavy atom. The lowest BCUT2D eigenvalue weighted by molar-refractivity contribution is -0.126. The summed E-state index contributed by atoms with van der Waals surface area (Å²) >= 11 is 0. The van der Waals surface area contributed by atoms with Gasteiger partial charge in [0.15, 0.2) is 0 Å². The van der Waals surface area contributed by atoms with Gasteiger partial charge < -0.3 is 10.1 Å². The molecule has 3 aromatic rings. The molecule has 0 saturated heterocycles. The standard InChI is InChI=1S/C31H31FN2O3/c1-21-11-17-27(18-12-21)34(31(36)24-19-23-7-5-6-10-28(23)37-20-24)29(22-13-15-25(32)16-14-22)30(35)33-26-8-3-2-4-9-26/h5-7,10-19,26,29H,2-4,8-9,20H2,1H3,(H,33,35)/t29-/m1/s1. The van der Waals surface area contributed by atoms with Crippen molar-refractivity contribution in [2.75, 3.05) is 11.5 Å². The third kappa shape index (κ3) is 5.58. The molecule has 6 heteroatoms. The van der Waals surface area contributed by atoms with E-state index in [1.807, 2.05) is 61.5 Å². The number of para-hydroxylation sites is 1. The molecule has 0 unspecified atom stereocenters. The number of rotatable bonds is 6. The minimum atomic E-state index is -0.976. The van der Waals surface area contributed by atoms with E-state index < -0.39 is 11.9 Å². The number of hydrogen-bond acceptors (Lipinski definition) is 3. The molecule has 1 aliphatic heterocycles. The molecule has 0 aromatic heterocycles. The van der Waals surface area contributed by atoms with Crippen LogP contribution < -0.4 is 15.0 Å². The van der Waals surface area contributed by atoms with Gasteiger partial charge in [0.1, 0.15) is 24.2 Å². The van der Waals surface area contributed by atoms with Gasteiger partial charge in [-0.1, -0.05) is 67.3 Å². The van der Waals surface area contributed by atoms with Gasteiger partial charge in [-0.2, -0.15) is 0 Å². The molecule has 1 N–H and O–H groups in total. The van der Waals surface area contributed by atoms with Crippen LogP contribution in [-0.2, 0) is 9.59 Å². The highest BCUT2D eigenvalue weighted by Gasteiger charge is 2.36. The van der Waals surface area contributed by atoms with Crippen LogP contribution in [0.25, 0.3) is 6.08 Å². The molecule has 0 radical (unpaired) electrons. The number of carbonyl (C=O) groups excluding carboxylic acids is 2. The topological polar surface area (TPSA) is 58.6 Å². The van der Waals surface area contributed by atoms with E-state index in [1.165, 1.54) is 17.0 Å². The summed E-state index contributed by atoms with van der Waals surface area (Å²) in [5, 5.41) is 3.19. The maximum atomic E-state index is 14.2. The Hall–Kier alpha value is -3.93. The molecule has 0 bridgehead atoms. The molecule has 2 aliphatic rings. The number of aryl methyl sites for hydroxylation is 1. The summed E-state index contributed by atoms with van der Waals surface area (Å²) in [6.45, 7) is 2.07. The summed E-state index contributed by atoms with van der Waals surface area (Å²) in [6, 6.07) is 19.9. The molecule has 5 nitrogen and oxygen atoms in total. The summed E-state index contributed by atoms with van der Waals surface area (Å²) in [7, 11) is 0. The second kappa shape index (κ2) is 11.0. The predicted molar refractivity (Wildman–Crippen MR) is 143 cm³/mol. The first-order valence-corrected chi connectivity index (χ1v) is 12.9. The molecule has 1 saturated carbocycles. The molecule has 1 fully saturated rings. The summed E-state index contributed by atoms with van der Waals surface area (Å²) < 4.78 is 19.8. The lowest BCUT2D eigenvalue weighted by Crippen LogP contribution is -2.48. The van der Waals surface area contributed by atoms with Crippen LogP contribution in [0.3, 0.4) is 0 Å². The van der Waals surface area contributed by atoms with Gasteiger partial charge in [-0.15, -0.1) is 0 Å². The number of ether oxygens (including phenoxy) is 1. The summed E-state index contributed by atoms with van der Waals surface area (Å²) in [4.78, 5) is 29.6. The van der Waals surface area contributed by atoms with E-state index in [0.29, 0.717) is 22.6 Å². The summed E-state index contributed by atoms with van der Waals surface area (Å²) in [6.07, 6.45) is 6.94. The maximum absolute atomic E-state index is 14.2. The molecule has 37 heavy (non-hydrogen) atoms. The number of amides is 2. The van der Waals surface area contributed by atoms with Crippen LogP contribution in [0.15, 0.2) is 78.4 Å². The van der Waals surface area contributed by atoms with Crippen LogP contribution in [0.4, 0.5) is 10.1 Å². The zero-order chi connectivity index (χ0) is 25.8. The highest BCUT2D eigenvalue weighted by atomic mass is 19.1. The molecule has 190 valence electrons. The van der Waals surface area contributed by atoms with E-state index >= 15 is 0 Å². The van der Waals surface area contributed by atoms with E-state index in [4.69, 9.17) is 4.74 Å². The molecule has 1 heterocycles. The number of nitrogens with zero attached hydrogens (tertiary/aromatic N) is 1. The number of hydrogen-bond donors (Lipinski definition) is 1. The molecular formula is C31H31FN2O3. The van der Waals surface area contributed by atoms with Gasteiger partial charge >= 0.3 is 0 Å². The van der Waals surface area contributed by atoms with Crippen LogP contribution in [-0.4, -0.2) is 24.5 Å². The smallest absolute Gasteiger partial charge is 0.258 e. The number of benzene rings is 3. The number of halogens is 1. The Morgan fingerprint density at radius 1 is 0.946 bits per heavy atom. The second-order valence-corrected chi connectivity index (χ2v) is 9.80. The van der Waals surface area contributed by atoms with Crippen LogP contribution in [0.5, 0.6) is 5.75 Å². The van der Waals surface area contributed by atoms with Gasteiger partial charge in [0.05, 0.1) is 5.57 Å². The Balaban J connectivity index is 1.58. The van der Waals surface area contributed by atoms with Crippen molar-refractivity contribution < 1.29 is 18.7 Å². The monoisotopic (exact) mass is 498 g/mol.